The predicted molar refractivity (Wildman–Crippen MR) is 80.6 cm³/mol. The lowest BCUT2D eigenvalue weighted by atomic mass is 9.83. The van der Waals surface area contributed by atoms with E-state index in [0.29, 0.717) is 5.56 Å². The SMILES string of the molecule is CCOC(=O)C1=C(N)OC(C)=C(C(=O)OC)[C@H]1c1cccnc1. The van der Waals surface area contributed by atoms with E-state index in [1.807, 2.05) is 0 Å². The van der Waals surface area contributed by atoms with Gasteiger partial charge in [-0.25, -0.2) is 9.59 Å². The molecular formula is C16H18N2O5. The van der Waals surface area contributed by atoms with Crippen molar-refractivity contribution in [2.75, 3.05) is 13.7 Å². The Kier molecular flexibility index (Phi) is 5.00. The van der Waals surface area contributed by atoms with Gasteiger partial charge >= 0.3 is 11.9 Å². The summed E-state index contributed by atoms with van der Waals surface area (Å²) in [5.41, 5.74) is 6.75. The van der Waals surface area contributed by atoms with Crippen molar-refractivity contribution in [1.29, 1.82) is 0 Å². The van der Waals surface area contributed by atoms with Gasteiger partial charge in [0.05, 0.1) is 25.2 Å². The van der Waals surface area contributed by atoms with Crippen LogP contribution < -0.4 is 5.73 Å². The number of carbonyl (C=O) groups excluding carboxylic acids is 2. The van der Waals surface area contributed by atoms with Gasteiger partial charge in [-0.1, -0.05) is 6.07 Å². The summed E-state index contributed by atoms with van der Waals surface area (Å²) in [5.74, 6) is -1.83. The summed E-state index contributed by atoms with van der Waals surface area (Å²) in [5, 5.41) is 0. The van der Waals surface area contributed by atoms with E-state index >= 15 is 0 Å². The number of rotatable bonds is 4. The van der Waals surface area contributed by atoms with Crippen LogP contribution in [0.5, 0.6) is 0 Å². The number of nitrogens with two attached hydrogens (primary N) is 1. The van der Waals surface area contributed by atoms with Gasteiger partial charge in [-0.2, -0.15) is 0 Å². The summed E-state index contributed by atoms with van der Waals surface area (Å²) in [6.07, 6.45) is 3.15. The molecule has 2 heterocycles. The Labute approximate surface area is 133 Å². The van der Waals surface area contributed by atoms with E-state index < -0.39 is 17.9 Å². The first-order chi connectivity index (χ1) is 11.0. The molecule has 0 bridgehead atoms. The Balaban J connectivity index is 2.62. The summed E-state index contributed by atoms with van der Waals surface area (Å²) in [6.45, 7) is 3.44. The van der Waals surface area contributed by atoms with Gasteiger partial charge in [-0.05, 0) is 25.5 Å². The third kappa shape index (κ3) is 3.18. The lowest BCUT2D eigenvalue weighted by Gasteiger charge is -2.28. The largest absolute Gasteiger partial charge is 0.466 e. The lowest BCUT2D eigenvalue weighted by Crippen LogP contribution is -2.30. The first kappa shape index (κ1) is 16.5. The van der Waals surface area contributed by atoms with Crippen molar-refractivity contribution in [3.8, 4) is 0 Å². The molecule has 0 unspecified atom stereocenters. The number of methoxy groups -OCH3 is 1. The highest BCUT2D eigenvalue weighted by Crippen LogP contribution is 2.39. The summed E-state index contributed by atoms with van der Waals surface area (Å²) in [6, 6.07) is 3.44. The van der Waals surface area contributed by atoms with Crippen LogP contribution in [-0.2, 0) is 23.8 Å². The fourth-order valence-electron chi connectivity index (χ4n) is 2.44. The van der Waals surface area contributed by atoms with Gasteiger partial charge in [0.15, 0.2) is 0 Å². The van der Waals surface area contributed by atoms with Crippen molar-refractivity contribution < 1.29 is 23.8 Å². The molecule has 0 saturated heterocycles. The van der Waals surface area contributed by atoms with E-state index in [0.717, 1.165) is 0 Å². The molecule has 122 valence electrons. The number of carbonyl (C=O) groups is 2. The van der Waals surface area contributed by atoms with E-state index in [1.165, 1.54) is 7.11 Å². The number of nitrogens with zero attached hydrogens (tertiary/aromatic N) is 1. The number of hydrogen-bond acceptors (Lipinski definition) is 7. The summed E-state index contributed by atoms with van der Waals surface area (Å²) in [7, 11) is 1.26. The van der Waals surface area contributed by atoms with Gasteiger partial charge in [0.2, 0.25) is 5.88 Å². The molecule has 7 heteroatoms. The first-order valence-electron chi connectivity index (χ1n) is 7.04. The van der Waals surface area contributed by atoms with Gasteiger partial charge in [-0.3, -0.25) is 4.98 Å². The molecule has 1 aromatic heterocycles. The van der Waals surface area contributed by atoms with Crippen molar-refractivity contribution in [2.45, 2.75) is 19.8 Å². The van der Waals surface area contributed by atoms with E-state index in [2.05, 4.69) is 4.98 Å². The number of ether oxygens (including phenoxy) is 3. The number of hydrogen-bond donors (Lipinski definition) is 1. The zero-order chi connectivity index (χ0) is 17.0. The molecule has 1 aliphatic heterocycles. The maximum absolute atomic E-state index is 12.3. The van der Waals surface area contributed by atoms with Crippen LogP contribution in [0.3, 0.4) is 0 Å². The summed E-state index contributed by atoms with van der Waals surface area (Å²) >= 11 is 0. The van der Waals surface area contributed by atoms with Crippen LogP contribution in [0.1, 0.15) is 25.3 Å². The third-order valence-corrected chi connectivity index (χ3v) is 3.40. The fourth-order valence-corrected chi connectivity index (χ4v) is 2.44. The molecule has 2 N–H and O–H groups in total. The zero-order valence-electron chi connectivity index (χ0n) is 13.2. The van der Waals surface area contributed by atoms with Gasteiger partial charge < -0.3 is 19.9 Å². The van der Waals surface area contributed by atoms with Crippen LogP contribution in [0, 0.1) is 0 Å². The average Bonchev–Trinajstić information content (AvgIpc) is 2.54. The van der Waals surface area contributed by atoms with Crippen molar-refractivity contribution in [1.82, 2.24) is 4.98 Å². The van der Waals surface area contributed by atoms with E-state index in [1.54, 1.807) is 38.4 Å². The van der Waals surface area contributed by atoms with Crippen molar-refractivity contribution in [3.05, 3.63) is 52.9 Å². The number of aromatic nitrogens is 1. The molecule has 0 aromatic carbocycles. The highest BCUT2D eigenvalue weighted by Gasteiger charge is 2.39. The molecular weight excluding hydrogens is 300 g/mol. The highest BCUT2D eigenvalue weighted by molar-refractivity contribution is 5.99. The second-order valence-electron chi connectivity index (χ2n) is 4.78. The molecule has 7 nitrogen and oxygen atoms in total. The predicted octanol–water partition coefficient (Wildman–Crippen LogP) is 1.38. The number of esters is 2. The molecule has 1 aliphatic rings. The van der Waals surface area contributed by atoms with Crippen molar-refractivity contribution in [2.24, 2.45) is 5.73 Å². The van der Waals surface area contributed by atoms with Crippen molar-refractivity contribution in [3.63, 3.8) is 0 Å². The quantitative estimate of drug-likeness (QED) is 0.837. The Bertz CT molecular complexity index is 679. The van der Waals surface area contributed by atoms with Crippen LogP contribution in [0.2, 0.25) is 0 Å². The molecule has 1 atom stereocenters. The molecule has 1 aromatic rings. The second kappa shape index (κ2) is 6.95. The average molecular weight is 318 g/mol. The van der Waals surface area contributed by atoms with Crippen LogP contribution in [-0.4, -0.2) is 30.6 Å². The van der Waals surface area contributed by atoms with E-state index in [9.17, 15) is 9.59 Å². The van der Waals surface area contributed by atoms with Gasteiger partial charge in [-0.15, -0.1) is 0 Å². The fraction of sp³-hybridized carbons (Fsp3) is 0.312. The standard InChI is InChI=1S/C16H18N2O5/c1-4-22-16(20)13-12(10-6-5-7-18-8-10)11(15(19)21-3)9(2)23-14(13)17/h5-8,12H,4,17H2,1-3H3/t12-/m1/s1. The number of pyridine rings is 1. The monoisotopic (exact) mass is 318 g/mol. The molecule has 2 rings (SSSR count). The minimum atomic E-state index is -0.760. The lowest BCUT2D eigenvalue weighted by molar-refractivity contribution is -0.139. The summed E-state index contributed by atoms with van der Waals surface area (Å²) in [4.78, 5) is 28.6. The Morgan fingerprint density at radius 2 is 2.09 bits per heavy atom. The van der Waals surface area contributed by atoms with Gasteiger partial charge in [0, 0.05) is 12.4 Å². The molecule has 0 fully saturated rings. The van der Waals surface area contributed by atoms with Gasteiger partial charge in [0.1, 0.15) is 11.3 Å². The minimum Gasteiger partial charge on any atom is -0.466 e. The molecule has 0 aliphatic carbocycles. The molecule has 0 spiro atoms. The molecule has 0 saturated carbocycles. The Morgan fingerprint density at radius 1 is 1.35 bits per heavy atom. The smallest absolute Gasteiger partial charge is 0.340 e. The Morgan fingerprint density at radius 3 is 2.65 bits per heavy atom. The van der Waals surface area contributed by atoms with E-state index in [-0.39, 0.29) is 29.4 Å². The maximum atomic E-state index is 12.3. The minimum absolute atomic E-state index is 0.0610. The molecule has 0 amide bonds. The maximum Gasteiger partial charge on any atom is 0.340 e. The Hall–Kier alpha value is -2.83. The second-order valence-corrected chi connectivity index (χ2v) is 4.78. The van der Waals surface area contributed by atoms with Crippen LogP contribution >= 0.6 is 0 Å². The van der Waals surface area contributed by atoms with Crippen LogP contribution in [0.15, 0.2) is 47.3 Å². The van der Waals surface area contributed by atoms with Crippen LogP contribution in [0.25, 0.3) is 0 Å². The first-order valence-corrected chi connectivity index (χ1v) is 7.04. The molecule has 0 radical (unpaired) electrons. The third-order valence-electron chi connectivity index (χ3n) is 3.40. The van der Waals surface area contributed by atoms with Crippen molar-refractivity contribution >= 4 is 11.9 Å². The van der Waals surface area contributed by atoms with Crippen LogP contribution in [0.4, 0.5) is 0 Å². The number of allylic oxidation sites excluding steroid dienone is 1. The van der Waals surface area contributed by atoms with E-state index in [4.69, 9.17) is 19.9 Å². The zero-order valence-corrected chi connectivity index (χ0v) is 13.2. The topological polar surface area (TPSA) is 101 Å². The summed E-state index contributed by atoms with van der Waals surface area (Å²) < 4.78 is 15.2. The van der Waals surface area contributed by atoms with Gasteiger partial charge in [0.25, 0.3) is 0 Å². The molecule has 23 heavy (non-hydrogen) atoms. The highest BCUT2D eigenvalue weighted by atomic mass is 16.5. The normalized spacial score (nSPS) is 17.6.